The molecule has 8 aromatic carbocycles. The van der Waals surface area contributed by atoms with Crippen LogP contribution in [0.1, 0.15) is 0 Å². The molecule has 246 valence electrons. The number of hydrogen-bond donors (Lipinski definition) is 0. The lowest BCUT2D eigenvalue weighted by atomic mass is 9.92. The maximum Gasteiger partial charge on any atom is 0.164 e. The zero-order valence-electron chi connectivity index (χ0n) is 28.4. The van der Waals surface area contributed by atoms with Crippen LogP contribution in [0.2, 0.25) is 0 Å². The Morgan fingerprint density at radius 1 is 0.358 bits per heavy atom. The minimum atomic E-state index is 0.602. The first-order chi connectivity index (χ1) is 26.3. The summed E-state index contributed by atoms with van der Waals surface area (Å²) in [4.78, 5) is 20.3. The Bertz CT molecular complexity index is 3240. The minimum Gasteiger partial charge on any atom is -0.456 e. The van der Waals surface area contributed by atoms with E-state index in [1.165, 1.54) is 0 Å². The fourth-order valence-corrected chi connectivity index (χ4v) is 7.96. The van der Waals surface area contributed by atoms with Gasteiger partial charge >= 0.3 is 0 Å². The van der Waals surface area contributed by atoms with Gasteiger partial charge in [0, 0.05) is 50.6 Å². The van der Waals surface area contributed by atoms with Crippen molar-refractivity contribution < 1.29 is 4.42 Å². The molecule has 0 atom stereocenters. The van der Waals surface area contributed by atoms with E-state index in [1.54, 1.807) is 0 Å². The highest BCUT2D eigenvalue weighted by atomic mass is 16.3. The average molecular weight is 677 g/mol. The van der Waals surface area contributed by atoms with Crippen molar-refractivity contribution >= 4 is 65.0 Å². The molecule has 0 aliphatic carbocycles. The summed E-state index contributed by atoms with van der Waals surface area (Å²) in [6.45, 7) is 0. The first kappa shape index (κ1) is 29.5. The molecule has 0 amide bonds. The predicted octanol–water partition coefficient (Wildman–Crippen LogP) is 12.4. The number of benzene rings is 8. The number of furan rings is 1. The van der Waals surface area contributed by atoms with E-state index in [0.717, 1.165) is 92.8 Å². The molecule has 0 spiro atoms. The Balaban J connectivity index is 1.22. The summed E-state index contributed by atoms with van der Waals surface area (Å²) in [5.41, 5.74) is 6.68. The lowest BCUT2D eigenvalue weighted by Crippen LogP contribution is -2.01. The fourth-order valence-electron chi connectivity index (χ4n) is 7.96. The summed E-state index contributed by atoms with van der Waals surface area (Å²) in [6, 6.07) is 54.8. The van der Waals surface area contributed by atoms with Crippen LogP contribution in [-0.2, 0) is 0 Å². The van der Waals surface area contributed by atoms with Crippen molar-refractivity contribution in [3.63, 3.8) is 0 Å². The number of rotatable bonds is 4. The molecule has 0 N–H and O–H groups in total. The Labute approximate surface area is 303 Å². The third-order valence-electron chi connectivity index (χ3n) is 10.4. The van der Waals surface area contributed by atoms with Crippen molar-refractivity contribution in [3.05, 3.63) is 170 Å². The number of fused-ring (bicyclic) bond motifs is 9. The summed E-state index contributed by atoms with van der Waals surface area (Å²) in [7, 11) is 0. The van der Waals surface area contributed by atoms with E-state index in [2.05, 4.69) is 126 Å². The Hall–Kier alpha value is -7.24. The summed E-state index contributed by atoms with van der Waals surface area (Å²) >= 11 is 0. The van der Waals surface area contributed by atoms with E-state index >= 15 is 0 Å². The fraction of sp³-hybridized carbons (Fsp3) is 0. The molecule has 0 radical (unpaired) electrons. The van der Waals surface area contributed by atoms with Crippen LogP contribution >= 0.6 is 0 Å². The van der Waals surface area contributed by atoms with Gasteiger partial charge in [0.1, 0.15) is 11.2 Å². The highest BCUT2D eigenvalue weighted by Gasteiger charge is 2.20. The lowest BCUT2D eigenvalue weighted by Gasteiger charge is -2.15. The molecule has 0 saturated carbocycles. The number of pyridine rings is 1. The van der Waals surface area contributed by atoms with Crippen molar-refractivity contribution in [3.8, 4) is 45.3 Å². The highest BCUT2D eigenvalue weighted by molar-refractivity contribution is 6.22. The third kappa shape index (κ3) is 4.71. The van der Waals surface area contributed by atoms with Gasteiger partial charge < -0.3 is 4.42 Å². The molecule has 0 bridgehead atoms. The highest BCUT2D eigenvalue weighted by Crippen LogP contribution is 2.42. The molecule has 5 heteroatoms. The van der Waals surface area contributed by atoms with Gasteiger partial charge in [0.15, 0.2) is 17.5 Å². The molecule has 3 aromatic heterocycles. The molecule has 0 aliphatic rings. The van der Waals surface area contributed by atoms with Crippen LogP contribution in [0.5, 0.6) is 0 Å². The van der Waals surface area contributed by atoms with E-state index in [9.17, 15) is 0 Å². The second-order valence-electron chi connectivity index (χ2n) is 13.4. The van der Waals surface area contributed by atoms with Gasteiger partial charge in [-0.25, -0.2) is 15.0 Å². The van der Waals surface area contributed by atoms with Gasteiger partial charge in [0.2, 0.25) is 0 Å². The van der Waals surface area contributed by atoms with Crippen molar-refractivity contribution in [2.45, 2.75) is 0 Å². The van der Waals surface area contributed by atoms with E-state index in [4.69, 9.17) is 19.4 Å². The number of nitrogens with zero attached hydrogens (tertiary/aromatic N) is 4. The summed E-state index contributed by atoms with van der Waals surface area (Å²) in [5.74, 6) is 1.83. The van der Waals surface area contributed by atoms with Crippen LogP contribution in [0.25, 0.3) is 110 Å². The largest absolute Gasteiger partial charge is 0.456 e. The van der Waals surface area contributed by atoms with Crippen LogP contribution in [0.4, 0.5) is 0 Å². The Morgan fingerprint density at radius 2 is 1.08 bits per heavy atom. The average Bonchev–Trinajstić information content (AvgIpc) is 3.62. The molecule has 0 fully saturated rings. The van der Waals surface area contributed by atoms with Crippen LogP contribution in [0, 0.1) is 0 Å². The van der Waals surface area contributed by atoms with Crippen molar-refractivity contribution in [2.75, 3.05) is 0 Å². The minimum absolute atomic E-state index is 0.602. The van der Waals surface area contributed by atoms with E-state index in [1.807, 2.05) is 48.8 Å². The first-order valence-electron chi connectivity index (χ1n) is 17.7. The lowest BCUT2D eigenvalue weighted by molar-refractivity contribution is 0.669. The SMILES string of the molecule is c1ccc(-c2nc(-c3cc(-c4cccc5oc6ccccc6c45)c4ccccc4c3)nc(-c3cc4cnccc4c4ccc5ccccc5c34)n2)cc1. The van der Waals surface area contributed by atoms with Gasteiger partial charge in [-0.05, 0) is 79.8 Å². The summed E-state index contributed by atoms with van der Waals surface area (Å²) in [6.07, 6.45) is 3.78. The van der Waals surface area contributed by atoms with Crippen LogP contribution in [-0.4, -0.2) is 19.9 Å². The zero-order valence-corrected chi connectivity index (χ0v) is 28.4. The quantitative estimate of drug-likeness (QED) is 0.174. The van der Waals surface area contributed by atoms with Crippen LogP contribution in [0.3, 0.4) is 0 Å². The molecule has 0 saturated heterocycles. The molecule has 53 heavy (non-hydrogen) atoms. The molecule has 11 aromatic rings. The molecule has 0 aliphatic heterocycles. The molecular weight excluding hydrogens is 649 g/mol. The summed E-state index contributed by atoms with van der Waals surface area (Å²) < 4.78 is 6.33. The molecular formula is C48H28N4O. The second kappa shape index (κ2) is 11.7. The van der Waals surface area contributed by atoms with Gasteiger partial charge in [0.25, 0.3) is 0 Å². The Kier molecular flexibility index (Phi) is 6.48. The third-order valence-corrected chi connectivity index (χ3v) is 10.4. The number of para-hydroxylation sites is 1. The molecule has 5 nitrogen and oxygen atoms in total. The smallest absolute Gasteiger partial charge is 0.164 e. The summed E-state index contributed by atoms with van der Waals surface area (Å²) in [5, 5.41) is 11.1. The van der Waals surface area contributed by atoms with Crippen molar-refractivity contribution in [1.82, 2.24) is 19.9 Å². The zero-order chi connectivity index (χ0) is 34.9. The maximum atomic E-state index is 6.33. The number of aromatic nitrogens is 4. The monoisotopic (exact) mass is 676 g/mol. The molecule has 3 heterocycles. The standard InChI is InChI=1S/C48H28N4O/c1-2-12-30(13-3-1)46-50-47(52-48(51-46)41-27-33-28-49-24-23-35(33)38-22-21-29-11-4-7-16-36(29)44(38)41)32-25-31-14-5-6-15-34(31)40(26-32)37-18-10-20-43-45(37)39-17-8-9-19-42(39)53-43/h1-28H. The predicted molar refractivity (Wildman–Crippen MR) is 217 cm³/mol. The van der Waals surface area contributed by atoms with Crippen LogP contribution < -0.4 is 0 Å². The van der Waals surface area contributed by atoms with Crippen LogP contribution in [0.15, 0.2) is 175 Å². The molecule has 0 unspecified atom stereocenters. The molecule has 11 rings (SSSR count). The topological polar surface area (TPSA) is 64.7 Å². The maximum absolute atomic E-state index is 6.33. The van der Waals surface area contributed by atoms with E-state index < -0.39 is 0 Å². The van der Waals surface area contributed by atoms with Gasteiger partial charge in [-0.3, -0.25) is 4.98 Å². The van der Waals surface area contributed by atoms with E-state index in [-0.39, 0.29) is 0 Å². The van der Waals surface area contributed by atoms with Gasteiger partial charge in [0.05, 0.1) is 0 Å². The van der Waals surface area contributed by atoms with Gasteiger partial charge in [-0.15, -0.1) is 0 Å². The van der Waals surface area contributed by atoms with Gasteiger partial charge in [-0.1, -0.05) is 121 Å². The van der Waals surface area contributed by atoms with Gasteiger partial charge in [-0.2, -0.15) is 0 Å². The first-order valence-corrected chi connectivity index (χ1v) is 17.7. The van der Waals surface area contributed by atoms with Crippen molar-refractivity contribution in [1.29, 1.82) is 0 Å². The van der Waals surface area contributed by atoms with Crippen molar-refractivity contribution in [2.24, 2.45) is 0 Å². The Morgan fingerprint density at radius 3 is 1.96 bits per heavy atom. The van der Waals surface area contributed by atoms with E-state index in [0.29, 0.717) is 17.5 Å². The second-order valence-corrected chi connectivity index (χ2v) is 13.4. The normalized spacial score (nSPS) is 11.8. The number of hydrogen-bond acceptors (Lipinski definition) is 5.